The number of thiophene rings is 1. The molecule has 81 heavy (non-hydrogen) atoms. The fourth-order valence-electron chi connectivity index (χ4n) is 12.8. The minimum absolute atomic E-state index is 0.00194. The highest BCUT2D eigenvalue weighted by molar-refractivity contribution is 7.25. The molecule has 1 aromatic heterocycles. The van der Waals surface area contributed by atoms with E-state index in [0.29, 0.717) is 30.2 Å². The summed E-state index contributed by atoms with van der Waals surface area (Å²) in [5.74, 6) is 4.79. The molecule has 4 heteroatoms. The zero-order valence-corrected chi connectivity index (χ0v) is 55.2. The van der Waals surface area contributed by atoms with Crippen LogP contribution in [0, 0.1) is 34.0 Å². The van der Waals surface area contributed by atoms with Crippen LogP contribution in [0.5, 0.6) is 0 Å². The molecule has 3 aliphatic rings. The Balaban J connectivity index is 2.00. The lowest BCUT2D eigenvalue weighted by Gasteiger charge is -2.44. The zero-order valence-electron chi connectivity index (χ0n) is 54.4. The number of rotatable bonds is 29. The molecule has 0 saturated heterocycles. The first-order chi connectivity index (χ1) is 38.2. The van der Waals surface area contributed by atoms with Gasteiger partial charge in [-0.2, -0.15) is 0 Å². The van der Waals surface area contributed by atoms with Crippen LogP contribution in [0.3, 0.4) is 0 Å². The standard InChI is InChI=1S/C77H111BN2S/c1-24-31-33-34-35-38-64(59(27-4)36-26-3)58(15)45-71-70-52-79(51-61(55(12)37-32-25-2)46-60(28-5)54(10)11)63(47-62(29-6)77(22,23)43-41-53(8)9)50-78(70)73-67-48-65-56(13)39-40-57(14)66(65)49-72(67)81-74(73)80(71)44-42-69(76(19,20)21)68(30-7)75(16,17)18/h25-30,36,42,44,46-50,52-54,56-57,64,71H,2-4,6-7,12,15,24,31-35,37-41,43,45,51H2,1,5,8-11,13-14,16-23H3/b44-42+,59-36+,60-28+,61-46+,62-47+,69-68-. The number of hydrogen-bond acceptors (Lipinski definition) is 3. The molecule has 0 saturated carbocycles. The number of anilines is 1. The number of fused-ring (bicyclic) bond motifs is 6. The first-order valence-electron chi connectivity index (χ1n) is 31.5. The number of allylic oxidation sites excluding steroid dienone is 15. The van der Waals surface area contributed by atoms with Gasteiger partial charge in [-0.15, -0.1) is 17.9 Å². The van der Waals surface area contributed by atoms with Crippen LogP contribution in [-0.4, -0.2) is 24.2 Å². The molecule has 2 aliphatic heterocycles. The summed E-state index contributed by atoms with van der Waals surface area (Å²) >= 11 is 2.00. The van der Waals surface area contributed by atoms with Crippen LogP contribution >= 0.6 is 11.3 Å². The number of hydrogen-bond donors (Lipinski definition) is 0. The van der Waals surface area contributed by atoms with Crippen molar-refractivity contribution < 1.29 is 0 Å². The fraction of sp³-hybridized carbons (Fsp3) is 0.506. The van der Waals surface area contributed by atoms with Crippen LogP contribution in [0.25, 0.3) is 10.1 Å². The van der Waals surface area contributed by atoms with E-state index in [1.54, 1.807) is 0 Å². The van der Waals surface area contributed by atoms with Gasteiger partial charge >= 0.3 is 0 Å². The first-order valence-corrected chi connectivity index (χ1v) is 32.3. The summed E-state index contributed by atoms with van der Waals surface area (Å²) in [6.07, 6.45) is 41.5. The Morgan fingerprint density at radius 2 is 1.47 bits per heavy atom. The lowest BCUT2D eigenvalue weighted by molar-refractivity contribution is 0.367. The largest absolute Gasteiger partial charge is 0.345 e. The fourth-order valence-corrected chi connectivity index (χ4v) is 14.1. The minimum atomic E-state index is -0.147. The Hall–Kier alpha value is -5.06. The topological polar surface area (TPSA) is 6.48 Å². The van der Waals surface area contributed by atoms with E-state index in [4.69, 9.17) is 13.2 Å². The Morgan fingerprint density at radius 1 is 0.815 bits per heavy atom. The highest BCUT2D eigenvalue weighted by atomic mass is 32.1. The molecule has 5 rings (SSSR count). The molecule has 2 aromatic rings. The minimum Gasteiger partial charge on any atom is -0.345 e. The van der Waals surface area contributed by atoms with Crippen LogP contribution in [0.4, 0.5) is 5.00 Å². The Labute approximate surface area is 502 Å². The SMILES string of the molecule is C=C/C=C(\C=C)C(CCCCCCC)C(=C)CC1C2=CN(C/C(=C\C(=C/C)C(C)C)C(=C)CCC=C)C(/C=C(\C=C)C(C)(C)CCC(C)C)=CB2c2c(sc3cc4c(cc23)C(C)CCC4C)N1/C=C/C(=C(\C=C)C(C)(C)C)C(C)(C)C. The van der Waals surface area contributed by atoms with Gasteiger partial charge in [0.15, 0.2) is 0 Å². The van der Waals surface area contributed by atoms with Gasteiger partial charge in [-0.05, 0) is 177 Å². The average molecular weight is 1110 g/mol. The Morgan fingerprint density at radius 3 is 2.02 bits per heavy atom. The lowest BCUT2D eigenvalue weighted by Crippen LogP contribution is -2.52. The Kier molecular flexibility index (Phi) is 24.3. The van der Waals surface area contributed by atoms with Gasteiger partial charge in [0.25, 0.3) is 0 Å². The molecule has 1 aromatic carbocycles. The monoisotopic (exact) mass is 1110 g/mol. The lowest BCUT2D eigenvalue weighted by atomic mass is 9.36. The third-order valence-corrected chi connectivity index (χ3v) is 19.2. The molecule has 1 aliphatic carbocycles. The third kappa shape index (κ3) is 16.6. The van der Waals surface area contributed by atoms with Gasteiger partial charge in [-0.25, -0.2) is 0 Å². The molecule has 4 unspecified atom stereocenters. The second-order valence-electron chi connectivity index (χ2n) is 27.7. The van der Waals surface area contributed by atoms with E-state index in [-0.39, 0.29) is 34.9 Å². The van der Waals surface area contributed by atoms with Crippen molar-refractivity contribution >= 4 is 38.6 Å². The number of benzene rings is 1. The van der Waals surface area contributed by atoms with Gasteiger partial charge in [0.2, 0.25) is 6.71 Å². The smallest absolute Gasteiger partial charge is 0.240 e. The second kappa shape index (κ2) is 29.5. The highest BCUT2D eigenvalue weighted by Crippen LogP contribution is 2.49. The molecule has 0 spiro atoms. The third-order valence-electron chi connectivity index (χ3n) is 18.0. The quantitative estimate of drug-likeness (QED) is 0.0347. The van der Waals surface area contributed by atoms with Gasteiger partial charge in [0.1, 0.15) is 0 Å². The maximum absolute atomic E-state index is 5.16. The van der Waals surface area contributed by atoms with E-state index in [9.17, 15) is 0 Å². The van der Waals surface area contributed by atoms with Crippen molar-refractivity contribution in [1.82, 2.24) is 4.90 Å². The summed E-state index contributed by atoms with van der Waals surface area (Å²) in [6, 6.07) is 5.17. The molecule has 3 heterocycles. The van der Waals surface area contributed by atoms with Gasteiger partial charge in [0.05, 0.1) is 11.0 Å². The van der Waals surface area contributed by atoms with Crippen LogP contribution in [-0.2, 0) is 0 Å². The number of unbranched alkanes of at least 4 members (excludes halogenated alkanes) is 4. The molecule has 2 nitrogen and oxygen atoms in total. The first kappa shape index (κ1) is 66.7. The van der Waals surface area contributed by atoms with E-state index in [1.807, 2.05) is 23.5 Å². The summed E-state index contributed by atoms with van der Waals surface area (Å²) in [6.45, 7) is 70.0. The van der Waals surface area contributed by atoms with E-state index < -0.39 is 0 Å². The van der Waals surface area contributed by atoms with Crippen molar-refractivity contribution in [2.75, 3.05) is 11.4 Å². The summed E-state index contributed by atoms with van der Waals surface area (Å²) < 4.78 is 1.38. The average Bonchev–Trinajstić information content (AvgIpc) is 3.92. The maximum atomic E-state index is 5.16. The van der Waals surface area contributed by atoms with E-state index in [0.717, 1.165) is 50.5 Å². The zero-order chi connectivity index (χ0) is 60.1. The van der Waals surface area contributed by atoms with Crippen LogP contribution in [0.15, 0.2) is 193 Å². The van der Waals surface area contributed by atoms with Crippen molar-refractivity contribution in [1.29, 1.82) is 0 Å². The van der Waals surface area contributed by atoms with Crippen molar-refractivity contribution in [2.45, 2.75) is 212 Å². The van der Waals surface area contributed by atoms with Gasteiger partial charge in [-0.3, -0.25) is 0 Å². The molecule has 0 amide bonds. The van der Waals surface area contributed by atoms with E-state index in [2.05, 4.69) is 233 Å². The summed E-state index contributed by atoms with van der Waals surface area (Å²) in [5, 5.41) is 2.72. The van der Waals surface area contributed by atoms with Crippen LogP contribution in [0.1, 0.15) is 217 Å². The Bertz CT molecular complexity index is 2870. The number of nitrogens with zero attached hydrogens (tertiary/aromatic N) is 2. The van der Waals surface area contributed by atoms with Crippen LogP contribution < -0.4 is 10.4 Å². The molecular weight excluding hydrogens is 996 g/mol. The van der Waals surface area contributed by atoms with Crippen LogP contribution in [0.2, 0.25) is 0 Å². The van der Waals surface area contributed by atoms with Gasteiger partial charge < -0.3 is 9.80 Å². The normalized spacial score (nSPS) is 19.3. The predicted octanol–water partition coefficient (Wildman–Crippen LogP) is 22.9. The highest BCUT2D eigenvalue weighted by Gasteiger charge is 2.44. The molecule has 0 radical (unpaired) electrons. The van der Waals surface area contributed by atoms with Crippen molar-refractivity contribution in [2.24, 2.45) is 34.0 Å². The maximum Gasteiger partial charge on any atom is 0.240 e. The second-order valence-corrected chi connectivity index (χ2v) is 28.7. The molecule has 0 bridgehead atoms. The van der Waals surface area contributed by atoms with E-state index in [1.165, 1.54) is 120 Å². The molecule has 4 atom stereocenters. The van der Waals surface area contributed by atoms with Gasteiger partial charge in [0, 0.05) is 29.1 Å². The molecule has 0 N–H and O–H groups in total. The summed E-state index contributed by atoms with van der Waals surface area (Å²) in [5.41, 5.74) is 16.8. The predicted molar refractivity (Wildman–Crippen MR) is 368 cm³/mol. The molecular formula is C77H111BN2S. The van der Waals surface area contributed by atoms with Crippen molar-refractivity contribution in [3.05, 3.63) is 204 Å². The van der Waals surface area contributed by atoms with Crippen molar-refractivity contribution in [3.8, 4) is 0 Å². The molecule has 438 valence electrons. The summed E-state index contributed by atoms with van der Waals surface area (Å²) in [7, 11) is 0. The molecule has 0 fully saturated rings. The van der Waals surface area contributed by atoms with Crippen molar-refractivity contribution in [3.63, 3.8) is 0 Å². The summed E-state index contributed by atoms with van der Waals surface area (Å²) in [4.78, 5) is 5.29. The van der Waals surface area contributed by atoms with Gasteiger partial charge in [-0.1, -0.05) is 254 Å². The van der Waals surface area contributed by atoms with E-state index >= 15 is 0 Å².